The van der Waals surface area contributed by atoms with Crippen LogP contribution in [0.2, 0.25) is 0 Å². The SMILES string of the molecule is CCOC(=O)C1CC(C(=O)c2ccccc2N)=NN1C(=O)C1CCCC1. The molecular weight excluding hydrogens is 334 g/mol. The van der Waals surface area contributed by atoms with Gasteiger partial charge in [0.15, 0.2) is 6.04 Å². The van der Waals surface area contributed by atoms with Crippen LogP contribution in [0.1, 0.15) is 49.4 Å². The van der Waals surface area contributed by atoms with E-state index in [9.17, 15) is 14.4 Å². The number of rotatable bonds is 5. The molecule has 0 radical (unpaired) electrons. The summed E-state index contributed by atoms with van der Waals surface area (Å²) in [5.41, 5.74) is 6.70. The first-order valence-electron chi connectivity index (χ1n) is 8.99. The van der Waals surface area contributed by atoms with Gasteiger partial charge in [-0.15, -0.1) is 0 Å². The van der Waals surface area contributed by atoms with Crippen molar-refractivity contribution < 1.29 is 19.1 Å². The average molecular weight is 357 g/mol. The van der Waals surface area contributed by atoms with Gasteiger partial charge in [-0.25, -0.2) is 9.80 Å². The maximum Gasteiger partial charge on any atom is 0.331 e. The van der Waals surface area contributed by atoms with Crippen LogP contribution in [0, 0.1) is 5.92 Å². The van der Waals surface area contributed by atoms with Crippen LogP contribution in [0.25, 0.3) is 0 Å². The number of ketones is 1. The van der Waals surface area contributed by atoms with Crippen molar-refractivity contribution in [3.05, 3.63) is 29.8 Å². The highest BCUT2D eigenvalue weighted by Gasteiger charge is 2.42. The zero-order valence-electron chi connectivity index (χ0n) is 14.8. The van der Waals surface area contributed by atoms with Crippen LogP contribution < -0.4 is 5.73 Å². The summed E-state index contributed by atoms with van der Waals surface area (Å²) in [6.07, 6.45) is 3.60. The van der Waals surface area contributed by atoms with Crippen LogP contribution in [-0.2, 0) is 14.3 Å². The molecule has 1 heterocycles. The monoisotopic (exact) mass is 357 g/mol. The van der Waals surface area contributed by atoms with Crippen molar-refractivity contribution in [2.75, 3.05) is 12.3 Å². The van der Waals surface area contributed by atoms with E-state index in [1.165, 1.54) is 5.01 Å². The highest BCUT2D eigenvalue weighted by molar-refractivity contribution is 6.47. The predicted molar refractivity (Wildman–Crippen MR) is 96.5 cm³/mol. The van der Waals surface area contributed by atoms with Crippen molar-refractivity contribution in [2.24, 2.45) is 11.0 Å². The fraction of sp³-hybridized carbons (Fsp3) is 0.474. The lowest BCUT2D eigenvalue weighted by Gasteiger charge is -2.22. The summed E-state index contributed by atoms with van der Waals surface area (Å²) >= 11 is 0. The first-order valence-corrected chi connectivity index (χ1v) is 8.99. The summed E-state index contributed by atoms with van der Waals surface area (Å²) in [6.45, 7) is 1.91. The molecule has 0 saturated heterocycles. The first-order chi connectivity index (χ1) is 12.5. The van der Waals surface area contributed by atoms with Crippen molar-refractivity contribution in [1.29, 1.82) is 0 Å². The van der Waals surface area contributed by atoms with Gasteiger partial charge in [0.1, 0.15) is 5.71 Å². The number of hydrazone groups is 1. The van der Waals surface area contributed by atoms with Crippen molar-refractivity contribution in [3.63, 3.8) is 0 Å². The number of carbonyl (C=O) groups excluding carboxylic acids is 3. The normalized spacial score (nSPS) is 20.1. The van der Waals surface area contributed by atoms with Gasteiger partial charge in [0.2, 0.25) is 11.7 Å². The van der Waals surface area contributed by atoms with Gasteiger partial charge in [0.25, 0.3) is 0 Å². The van der Waals surface area contributed by atoms with E-state index in [1.807, 2.05) is 0 Å². The lowest BCUT2D eigenvalue weighted by molar-refractivity contribution is -0.155. The first kappa shape index (κ1) is 18.1. The van der Waals surface area contributed by atoms with Gasteiger partial charge in [0, 0.05) is 23.6 Å². The number of nitrogens with two attached hydrogens (primary N) is 1. The van der Waals surface area contributed by atoms with Gasteiger partial charge in [-0.1, -0.05) is 25.0 Å². The van der Waals surface area contributed by atoms with Gasteiger partial charge in [-0.3, -0.25) is 9.59 Å². The number of para-hydroxylation sites is 1. The van der Waals surface area contributed by atoms with E-state index in [2.05, 4.69) is 5.10 Å². The molecular formula is C19H23N3O4. The zero-order valence-corrected chi connectivity index (χ0v) is 14.8. The van der Waals surface area contributed by atoms with Crippen molar-refractivity contribution in [2.45, 2.75) is 45.1 Å². The van der Waals surface area contributed by atoms with Crippen LogP contribution in [0.15, 0.2) is 29.4 Å². The Labute approximate surface area is 152 Å². The number of esters is 1. The molecule has 1 fully saturated rings. The molecule has 0 aromatic heterocycles. The molecule has 1 aromatic carbocycles. The lowest BCUT2D eigenvalue weighted by atomic mass is 10.0. The van der Waals surface area contributed by atoms with Crippen LogP contribution in [0.3, 0.4) is 0 Å². The van der Waals surface area contributed by atoms with Crippen LogP contribution >= 0.6 is 0 Å². The molecule has 2 aliphatic rings. The van der Waals surface area contributed by atoms with Crippen molar-refractivity contribution in [1.82, 2.24) is 5.01 Å². The predicted octanol–water partition coefficient (Wildman–Crippen LogP) is 2.16. The van der Waals surface area contributed by atoms with E-state index in [0.29, 0.717) is 11.3 Å². The molecule has 1 unspecified atom stereocenters. The van der Waals surface area contributed by atoms with E-state index in [-0.39, 0.29) is 36.3 Å². The van der Waals surface area contributed by atoms with Gasteiger partial charge in [-0.2, -0.15) is 5.10 Å². The molecule has 26 heavy (non-hydrogen) atoms. The Kier molecular flexibility index (Phi) is 5.35. The molecule has 1 aliphatic heterocycles. The third-order valence-electron chi connectivity index (χ3n) is 4.87. The fourth-order valence-electron chi connectivity index (χ4n) is 3.49. The fourth-order valence-corrected chi connectivity index (χ4v) is 3.49. The van der Waals surface area contributed by atoms with Gasteiger partial charge in [0.05, 0.1) is 6.61 Å². The lowest BCUT2D eigenvalue weighted by Crippen LogP contribution is -2.42. The summed E-state index contributed by atoms with van der Waals surface area (Å²) in [6, 6.07) is 5.81. The Hall–Kier alpha value is -2.70. The number of hydrogen-bond donors (Lipinski definition) is 1. The molecule has 2 N–H and O–H groups in total. The topological polar surface area (TPSA) is 102 Å². The minimum absolute atomic E-state index is 0.0461. The van der Waals surface area contributed by atoms with E-state index >= 15 is 0 Å². The maximum atomic E-state index is 12.8. The Morgan fingerprint density at radius 1 is 1.23 bits per heavy atom. The zero-order chi connectivity index (χ0) is 18.7. The van der Waals surface area contributed by atoms with E-state index in [1.54, 1.807) is 31.2 Å². The standard InChI is InChI=1S/C19H23N3O4/c1-2-26-19(25)16-11-15(17(23)13-9-5-6-10-14(13)20)21-22(16)18(24)12-7-3-4-8-12/h5-6,9-10,12,16H,2-4,7-8,11,20H2,1H3. The summed E-state index contributed by atoms with van der Waals surface area (Å²) in [7, 11) is 0. The second-order valence-corrected chi connectivity index (χ2v) is 6.60. The number of carbonyl (C=O) groups is 3. The highest BCUT2D eigenvalue weighted by Crippen LogP contribution is 2.30. The molecule has 138 valence electrons. The molecule has 1 aromatic rings. The number of nitrogen functional groups attached to an aromatic ring is 1. The second-order valence-electron chi connectivity index (χ2n) is 6.60. The van der Waals surface area contributed by atoms with Gasteiger partial charge in [-0.05, 0) is 31.9 Å². The number of hydrogen-bond acceptors (Lipinski definition) is 6. The third kappa shape index (κ3) is 3.47. The molecule has 7 heteroatoms. The number of Topliss-reactive ketones (excluding diaryl/α,β-unsaturated/α-hetero) is 1. The van der Waals surface area contributed by atoms with E-state index in [4.69, 9.17) is 10.5 Å². The molecule has 1 amide bonds. The van der Waals surface area contributed by atoms with Crippen molar-refractivity contribution >= 4 is 29.1 Å². The van der Waals surface area contributed by atoms with Crippen LogP contribution in [0.5, 0.6) is 0 Å². The quantitative estimate of drug-likeness (QED) is 0.494. The molecule has 0 bridgehead atoms. The van der Waals surface area contributed by atoms with E-state index in [0.717, 1.165) is 25.7 Å². The van der Waals surface area contributed by atoms with E-state index < -0.39 is 12.0 Å². The molecule has 1 aliphatic carbocycles. The Balaban J connectivity index is 1.87. The number of anilines is 1. The smallest absolute Gasteiger partial charge is 0.331 e. The highest BCUT2D eigenvalue weighted by atomic mass is 16.5. The molecule has 3 rings (SSSR count). The van der Waals surface area contributed by atoms with Crippen molar-refractivity contribution in [3.8, 4) is 0 Å². The molecule has 7 nitrogen and oxygen atoms in total. The number of benzene rings is 1. The summed E-state index contributed by atoms with van der Waals surface area (Å²) in [4.78, 5) is 37.9. The molecule has 1 atom stereocenters. The largest absolute Gasteiger partial charge is 0.464 e. The number of ether oxygens (including phenoxy) is 1. The number of nitrogens with zero attached hydrogens (tertiary/aromatic N) is 2. The summed E-state index contributed by atoms with van der Waals surface area (Å²) in [5, 5.41) is 5.40. The summed E-state index contributed by atoms with van der Waals surface area (Å²) in [5.74, 6) is -1.25. The second kappa shape index (κ2) is 7.68. The third-order valence-corrected chi connectivity index (χ3v) is 4.87. The van der Waals surface area contributed by atoms with Crippen LogP contribution in [-0.4, -0.2) is 41.0 Å². The Morgan fingerprint density at radius 2 is 1.92 bits per heavy atom. The molecule has 0 spiro atoms. The molecule has 1 saturated carbocycles. The minimum atomic E-state index is -0.882. The maximum absolute atomic E-state index is 12.8. The number of amides is 1. The minimum Gasteiger partial charge on any atom is -0.464 e. The average Bonchev–Trinajstić information content (AvgIpc) is 3.31. The Bertz CT molecular complexity index is 753. The summed E-state index contributed by atoms with van der Waals surface area (Å²) < 4.78 is 5.08. The van der Waals surface area contributed by atoms with Crippen LogP contribution in [0.4, 0.5) is 5.69 Å². The van der Waals surface area contributed by atoms with Gasteiger partial charge >= 0.3 is 5.97 Å². The van der Waals surface area contributed by atoms with Gasteiger partial charge < -0.3 is 10.5 Å². The Morgan fingerprint density at radius 3 is 2.58 bits per heavy atom.